The summed E-state index contributed by atoms with van der Waals surface area (Å²) in [6, 6.07) is 1.91. The molecule has 1 aliphatic rings. The minimum atomic E-state index is 0.381. The van der Waals surface area contributed by atoms with Gasteiger partial charge < -0.3 is 4.74 Å². The first-order chi connectivity index (χ1) is 6.35. The Morgan fingerprint density at radius 1 is 1.62 bits per heavy atom. The van der Waals surface area contributed by atoms with E-state index in [0.717, 1.165) is 6.29 Å². The van der Waals surface area contributed by atoms with E-state index < -0.39 is 0 Å². The van der Waals surface area contributed by atoms with E-state index in [0.29, 0.717) is 17.4 Å². The Labute approximate surface area is 76.7 Å². The molecule has 1 aromatic rings. The molecule has 2 rings (SSSR count). The quantitative estimate of drug-likeness (QED) is 0.660. The summed E-state index contributed by atoms with van der Waals surface area (Å²) in [7, 11) is 1.56. The highest BCUT2D eigenvalue weighted by molar-refractivity contribution is 5.76. The van der Waals surface area contributed by atoms with Gasteiger partial charge in [0.25, 0.3) is 0 Å². The molecule has 68 valence electrons. The molecule has 1 fully saturated rings. The largest absolute Gasteiger partial charge is 0.494 e. The van der Waals surface area contributed by atoms with Crippen LogP contribution in [-0.4, -0.2) is 18.4 Å². The fourth-order valence-electron chi connectivity index (χ4n) is 1.36. The molecule has 1 aromatic heterocycles. The molecular weight excluding hydrogens is 166 g/mol. The number of nitrogens with zero attached hydrogens (tertiary/aromatic N) is 1. The van der Waals surface area contributed by atoms with Crippen LogP contribution in [0.1, 0.15) is 34.8 Å². The molecule has 0 spiro atoms. The summed E-state index contributed by atoms with van der Waals surface area (Å²) in [5, 5.41) is 0. The summed E-state index contributed by atoms with van der Waals surface area (Å²) in [6.45, 7) is 0. The van der Waals surface area contributed by atoms with Gasteiger partial charge in [0.15, 0.2) is 6.29 Å². The molecule has 0 N–H and O–H groups in total. The van der Waals surface area contributed by atoms with Crippen LogP contribution in [0.4, 0.5) is 0 Å². The maximum atomic E-state index is 10.5. The third kappa shape index (κ3) is 1.54. The van der Waals surface area contributed by atoms with E-state index in [2.05, 4.69) is 4.98 Å². The van der Waals surface area contributed by atoms with E-state index in [1.165, 1.54) is 18.4 Å². The van der Waals surface area contributed by atoms with Gasteiger partial charge in [-0.2, -0.15) is 0 Å². The van der Waals surface area contributed by atoms with Crippen LogP contribution in [0.25, 0.3) is 0 Å². The molecular formula is C10H11NO2. The minimum Gasteiger partial charge on any atom is -0.494 e. The zero-order valence-electron chi connectivity index (χ0n) is 7.49. The lowest BCUT2D eigenvalue weighted by Gasteiger charge is -2.04. The van der Waals surface area contributed by atoms with Crippen molar-refractivity contribution in [3.8, 4) is 5.75 Å². The van der Waals surface area contributed by atoms with Crippen molar-refractivity contribution in [1.29, 1.82) is 0 Å². The molecule has 13 heavy (non-hydrogen) atoms. The summed E-state index contributed by atoms with van der Waals surface area (Å²) in [4.78, 5) is 14.6. The average Bonchev–Trinajstić information content (AvgIpc) is 3.00. The molecule has 0 unspecified atom stereocenters. The standard InChI is InChI=1S/C10H11NO2/c1-13-10-4-8(7-2-3-7)5-11-9(10)6-12/h4-7H,2-3H2,1H3. The van der Waals surface area contributed by atoms with Crippen LogP contribution in [0.15, 0.2) is 12.3 Å². The van der Waals surface area contributed by atoms with Crippen molar-refractivity contribution in [3.05, 3.63) is 23.5 Å². The monoisotopic (exact) mass is 177 g/mol. The maximum absolute atomic E-state index is 10.5. The van der Waals surface area contributed by atoms with Gasteiger partial charge in [-0.1, -0.05) is 0 Å². The second kappa shape index (κ2) is 3.17. The molecule has 3 heteroatoms. The van der Waals surface area contributed by atoms with Gasteiger partial charge in [-0.3, -0.25) is 4.79 Å². The summed E-state index contributed by atoms with van der Waals surface area (Å²) >= 11 is 0. The topological polar surface area (TPSA) is 39.2 Å². The number of carbonyl (C=O) groups excluding carboxylic acids is 1. The van der Waals surface area contributed by atoms with Crippen LogP contribution in [0.3, 0.4) is 0 Å². The van der Waals surface area contributed by atoms with Gasteiger partial charge in [0, 0.05) is 6.20 Å². The van der Waals surface area contributed by atoms with E-state index in [4.69, 9.17) is 4.74 Å². The fourth-order valence-corrected chi connectivity index (χ4v) is 1.36. The molecule has 1 aliphatic carbocycles. The number of hydrogen-bond donors (Lipinski definition) is 0. The molecule has 0 amide bonds. The summed E-state index contributed by atoms with van der Waals surface area (Å²) in [6.07, 6.45) is 4.94. The number of aromatic nitrogens is 1. The third-order valence-electron chi connectivity index (χ3n) is 2.28. The van der Waals surface area contributed by atoms with Gasteiger partial charge in [-0.25, -0.2) is 4.98 Å². The van der Waals surface area contributed by atoms with Crippen molar-refractivity contribution in [2.75, 3.05) is 7.11 Å². The second-order valence-electron chi connectivity index (χ2n) is 3.25. The highest BCUT2D eigenvalue weighted by Gasteiger charge is 2.24. The molecule has 0 aromatic carbocycles. The Balaban J connectivity index is 2.36. The van der Waals surface area contributed by atoms with E-state index in [9.17, 15) is 4.79 Å². The molecule has 1 heterocycles. The van der Waals surface area contributed by atoms with Crippen molar-refractivity contribution in [2.24, 2.45) is 0 Å². The zero-order chi connectivity index (χ0) is 9.26. The van der Waals surface area contributed by atoms with Gasteiger partial charge in [0.2, 0.25) is 0 Å². The number of aldehydes is 1. The number of carbonyl (C=O) groups is 1. The Hall–Kier alpha value is -1.38. The van der Waals surface area contributed by atoms with Crippen molar-refractivity contribution in [3.63, 3.8) is 0 Å². The van der Waals surface area contributed by atoms with Gasteiger partial charge in [0.05, 0.1) is 7.11 Å². The predicted octanol–water partition coefficient (Wildman–Crippen LogP) is 1.78. The van der Waals surface area contributed by atoms with Crippen LogP contribution >= 0.6 is 0 Å². The molecule has 3 nitrogen and oxygen atoms in total. The highest BCUT2D eigenvalue weighted by atomic mass is 16.5. The van der Waals surface area contributed by atoms with E-state index in [1.807, 2.05) is 6.07 Å². The molecule has 0 bridgehead atoms. The predicted molar refractivity (Wildman–Crippen MR) is 48.2 cm³/mol. The third-order valence-corrected chi connectivity index (χ3v) is 2.28. The highest BCUT2D eigenvalue weighted by Crippen LogP contribution is 2.40. The van der Waals surface area contributed by atoms with E-state index in [-0.39, 0.29) is 0 Å². The number of ether oxygens (including phenoxy) is 1. The number of pyridine rings is 1. The van der Waals surface area contributed by atoms with Gasteiger partial charge in [-0.05, 0) is 30.4 Å². The van der Waals surface area contributed by atoms with Crippen molar-refractivity contribution in [1.82, 2.24) is 4.98 Å². The lowest BCUT2D eigenvalue weighted by molar-refractivity contribution is 0.111. The Morgan fingerprint density at radius 2 is 2.38 bits per heavy atom. The first-order valence-corrected chi connectivity index (χ1v) is 4.34. The summed E-state index contributed by atoms with van der Waals surface area (Å²) < 4.78 is 5.06. The zero-order valence-corrected chi connectivity index (χ0v) is 7.49. The van der Waals surface area contributed by atoms with Crippen LogP contribution in [0.5, 0.6) is 5.75 Å². The number of hydrogen-bond acceptors (Lipinski definition) is 3. The Morgan fingerprint density at radius 3 is 2.92 bits per heavy atom. The van der Waals surface area contributed by atoms with Crippen LogP contribution in [0.2, 0.25) is 0 Å². The summed E-state index contributed by atoms with van der Waals surface area (Å²) in [5.41, 5.74) is 1.56. The fraction of sp³-hybridized carbons (Fsp3) is 0.400. The van der Waals surface area contributed by atoms with Crippen LogP contribution in [-0.2, 0) is 0 Å². The second-order valence-corrected chi connectivity index (χ2v) is 3.25. The molecule has 0 aliphatic heterocycles. The smallest absolute Gasteiger partial charge is 0.172 e. The van der Waals surface area contributed by atoms with Crippen molar-refractivity contribution >= 4 is 6.29 Å². The number of methoxy groups -OCH3 is 1. The van der Waals surface area contributed by atoms with Crippen molar-refractivity contribution in [2.45, 2.75) is 18.8 Å². The molecule has 1 saturated carbocycles. The normalized spacial score (nSPS) is 15.5. The molecule has 0 atom stereocenters. The SMILES string of the molecule is COc1cc(C2CC2)cnc1C=O. The van der Waals surface area contributed by atoms with E-state index >= 15 is 0 Å². The Kier molecular flexibility index (Phi) is 2.00. The Bertz CT molecular complexity index is 332. The summed E-state index contributed by atoms with van der Waals surface area (Å²) in [5.74, 6) is 1.22. The maximum Gasteiger partial charge on any atom is 0.172 e. The first kappa shape index (κ1) is 8.23. The average molecular weight is 177 g/mol. The van der Waals surface area contributed by atoms with E-state index in [1.54, 1.807) is 13.3 Å². The number of rotatable bonds is 3. The van der Waals surface area contributed by atoms with Crippen LogP contribution < -0.4 is 4.74 Å². The lowest BCUT2D eigenvalue weighted by atomic mass is 10.1. The minimum absolute atomic E-state index is 0.381. The van der Waals surface area contributed by atoms with Crippen LogP contribution in [0, 0.1) is 0 Å². The first-order valence-electron chi connectivity index (χ1n) is 4.34. The van der Waals surface area contributed by atoms with Gasteiger partial charge in [0.1, 0.15) is 11.4 Å². The molecule has 0 saturated heterocycles. The van der Waals surface area contributed by atoms with Crippen molar-refractivity contribution < 1.29 is 9.53 Å². The molecule has 0 radical (unpaired) electrons. The van der Waals surface area contributed by atoms with Gasteiger partial charge in [-0.15, -0.1) is 0 Å². The van der Waals surface area contributed by atoms with Gasteiger partial charge >= 0.3 is 0 Å². The lowest BCUT2D eigenvalue weighted by Crippen LogP contribution is -1.95.